The van der Waals surface area contributed by atoms with Gasteiger partial charge in [-0.3, -0.25) is 0 Å². The molecule has 54 heavy (non-hydrogen) atoms. The Bertz CT molecular complexity index is 1640. The van der Waals surface area contributed by atoms with Gasteiger partial charge >= 0.3 is 11.9 Å². The lowest BCUT2D eigenvalue weighted by atomic mass is 9.99. The molecule has 2 aromatic rings. The summed E-state index contributed by atoms with van der Waals surface area (Å²) in [5.41, 5.74) is 9.74. The molecular weight excluding hydrogens is 750 g/mol. The third-order valence-electron chi connectivity index (χ3n) is 8.26. The molecule has 0 radical (unpaired) electrons. The number of hydrogen-bond donors (Lipinski definition) is 0. The lowest BCUT2D eigenvalue weighted by Crippen LogP contribution is -2.37. The Hall–Kier alpha value is -3.39. The molecule has 0 spiro atoms. The molecule has 3 unspecified atom stereocenters. The van der Waals surface area contributed by atoms with Crippen LogP contribution in [0.4, 0.5) is 0 Å². The predicted molar refractivity (Wildman–Crippen MR) is 216 cm³/mol. The zero-order valence-corrected chi connectivity index (χ0v) is 35.1. The molecule has 2 aromatic carbocycles. The molecule has 0 bridgehead atoms. The maximum absolute atomic E-state index is 13.7. The fraction of sp³-hybridized carbons (Fsp3) is 0.526. The Morgan fingerprint density at radius 3 is 2.56 bits per heavy atom. The number of nitrogens with zero attached hydrogens (tertiary/aromatic N) is 3. The van der Waals surface area contributed by atoms with Crippen molar-refractivity contribution in [2.75, 3.05) is 33.7 Å². The van der Waals surface area contributed by atoms with Crippen LogP contribution in [0.1, 0.15) is 60.4 Å². The summed E-state index contributed by atoms with van der Waals surface area (Å²) < 4.78 is 54.6. The fourth-order valence-electron chi connectivity index (χ4n) is 5.29. The lowest BCUT2D eigenvalue weighted by molar-refractivity contribution is -0.152. The maximum atomic E-state index is 13.7. The molecule has 0 N–H and O–H groups in total. The van der Waals surface area contributed by atoms with Gasteiger partial charge in [-0.1, -0.05) is 68.1 Å². The van der Waals surface area contributed by atoms with E-state index in [9.17, 15) is 9.59 Å². The molecule has 296 valence electrons. The summed E-state index contributed by atoms with van der Waals surface area (Å²) in [6, 6.07) is 12.8. The minimum atomic E-state index is -1.49. The van der Waals surface area contributed by atoms with Crippen molar-refractivity contribution < 1.29 is 46.9 Å². The largest absolute Gasteiger partial charge is 0.493 e. The Morgan fingerprint density at radius 1 is 1.11 bits per heavy atom. The van der Waals surface area contributed by atoms with Crippen molar-refractivity contribution in [2.45, 2.75) is 90.0 Å². The molecule has 6 atom stereocenters. The fourth-order valence-corrected chi connectivity index (χ4v) is 6.79. The van der Waals surface area contributed by atoms with Crippen molar-refractivity contribution in [3.05, 3.63) is 87.8 Å². The lowest BCUT2D eigenvalue weighted by Gasteiger charge is -2.25. The Balaban J connectivity index is 1.99. The Kier molecular flexibility index (Phi) is 17.8. The Labute approximate surface area is 327 Å². The number of carbonyl (C=O) groups excluding carboxylic acids is 2. The van der Waals surface area contributed by atoms with Crippen LogP contribution >= 0.6 is 20.0 Å². The predicted octanol–water partition coefficient (Wildman–Crippen LogP) is 9.04. The van der Waals surface area contributed by atoms with Crippen LogP contribution in [0.3, 0.4) is 0 Å². The first kappa shape index (κ1) is 43.3. The second kappa shape index (κ2) is 22.2. The van der Waals surface area contributed by atoms with Gasteiger partial charge in [0.15, 0.2) is 12.6 Å². The van der Waals surface area contributed by atoms with Crippen molar-refractivity contribution in [1.29, 1.82) is 1.28 Å². The summed E-state index contributed by atoms with van der Waals surface area (Å²) in [6.07, 6.45) is 5.29. The number of ether oxygens (including phenoxy) is 7. The molecule has 13 nitrogen and oxygen atoms in total. The molecule has 0 amide bonds. The van der Waals surface area contributed by atoms with E-state index in [1.165, 1.54) is 7.11 Å². The van der Waals surface area contributed by atoms with E-state index in [0.717, 1.165) is 17.7 Å². The van der Waals surface area contributed by atoms with Gasteiger partial charge in [0.2, 0.25) is 0 Å². The van der Waals surface area contributed by atoms with Crippen LogP contribution in [0.2, 0.25) is 25.7 Å². The summed E-state index contributed by atoms with van der Waals surface area (Å²) in [6.45, 7) is 14.4. The van der Waals surface area contributed by atoms with Crippen LogP contribution in [0.15, 0.2) is 65.8 Å². The zero-order chi connectivity index (χ0) is 40.4. The minimum Gasteiger partial charge on any atom is -0.493 e. The topological polar surface area (TPSA) is 157 Å². The average Bonchev–Trinajstić information content (AvgIpc) is 3.46. The van der Waals surface area contributed by atoms with E-state index in [0.29, 0.717) is 23.3 Å². The highest BCUT2D eigenvalue weighted by Crippen LogP contribution is 2.36. The van der Waals surface area contributed by atoms with Gasteiger partial charge in [-0.2, -0.15) is 0 Å². The highest BCUT2D eigenvalue weighted by Gasteiger charge is 2.45. The smallest absolute Gasteiger partial charge is 0.342 e. The number of carbonyl (C=O) groups is 2. The minimum absolute atomic E-state index is 0.0740. The Morgan fingerprint density at radius 2 is 1.87 bits per heavy atom. The van der Waals surface area contributed by atoms with E-state index < -0.39 is 44.1 Å². The summed E-state index contributed by atoms with van der Waals surface area (Å²) in [7, 11) is -0.174. The molecule has 1 fully saturated rings. The SMILES string of the molecule is [3H]PSO[C@@H](C)[C@H](C)C=CC(OC(=O)c1ccccc1)C1OC(C)(C)O[C@H]1CC=Cc1cc(OCCN=[N+]=[N-])cc(OCOC)c1C(=O)OCC[Si](C)(C)C. The number of methoxy groups -OCH3 is 1. The third-order valence-corrected chi connectivity index (χ3v) is 10.7. The molecule has 3 rings (SSSR count). The third kappa shape index (κ3) is 15.0. The molecule has 1 aliphatic rings. The van der Waals surface area contributed by atoms with E-state index in [2.05, 4.69) is 29.7 Å². The summed E-state index contributed by atoms with van der Waals surface area (Å²) >= 11 is 1.09. The zero-order valence-electron chi connectivity index (χ0n) is 33.3. The summed E-state index contributed by atoms with van der Waals surface area (Å²) in [5, 5.41) is 3.53. The van der Waals surface area contributed by atoms with Crippen LogP contribution in [-0.4, -0.2) is 85.2 Å². The second-order valence-electron chi connectivity index (χ2n) is 14.3. The van der Waals surface area contributed by atoms with E-state index in [-0.39, 0.29) is 58.3 Å². The van der Waals surface area contributed by atoms with Crippen molar-refractivity contribution in [1.82, 2.24) is 0 Å². The van der Waals surface area contributed by atoms with E-state index in [4.69, 9.17) is 44.2 Å². The van der Waals surface area contributed by atoms with Crippen LogP contribution in [0.25, 0.3) is 16.5 Å². The average molecular weight is 806 g/mol. The number of esters is 2. The quantitative estimate of drug-likeness (QED) is 0.0101. The van der Waals surface area contributed by atoms with Crippen molar-refractivity contribution >= 4 is 46.1 Å². The first-order chi connectivity index (χ1) is 26.2. The van der Waals surface area contributed by atoms with Gasteiger partial charge in [-0.05, 0) is 77.0 Å². The van der Waals surface area contributed by atoms with E-state index in [1.54, 1.807) is 62.4 Å². The normalized spacial score (nSPS) is 19.0. The first-order valence-electron chi connectivity index (χ1n) is 18.2. The number of benzene rings is 2. The molecule has 16 heteroatoms. The van der Waals surface area contributed by atoms with Gasteiger partial charge in [-0.15, -0.1) is 0 Å². The van der Waals surface area contributed by atoms with Crippen LogP contribution in [-0.2, 0) is 27.9 Å². The maximum Gasteiger partial charge on any atom is 0.342 e. The van der Waals surface area contributed by atoms with Gasteiger partial charge < -0.3 is 37.3 Å². The highest BCUT2D eigenvalue weighted by atomic mass is 32.7. The molecule has 0 aliphatic carbocycles. The highest BCUT2D eigenvalue weighted by molar-refractivity contribution is 8.40. The van der Waals surface area contributed by atoms with Crippen LogP contribution in [0.5, 0.6) is 11.5 Å². The molecule has 0 aromatic heterocycles. The monoisotopic (exact) mass is 805 g/mol. The van der Waals surface area contributed by atoms with Crippen LogP contribution in [0, 0.1) is 5.92 Å². The van der Waals surface area contributed by atoms with Crippen molar-refractivity contribution in [2.24, 2.45) is 11.0 Å². The standard InChI is InChI=1S/C38H54N3O10PSSi/c1-26(27(2)51-53-52)17-18-31(48-36(42)28-13-10-9-11-14-28)35-32(49-38(3,4)50-35)16-12-15-29-23-30(45-20-19-40-41-39)24-33(47-25-44-5)34(29)37(43)46-21-22-54(6,7)8/h9-15,17-18,23-24,26-27,31-32,35H,16,19-22,25,52H2,1-8H3/t26-,27+,31?,32+,35?/m1/s1/i52T/t26-,27+,31?,32+,35?,52?. The van der Waals surface area contributed by atoms with Gasteiger partial charge in [0.25, 0.3) is 0 Å². The number of rotatable bonds is 23. The van der Waals surface area contributed by atoms with Crippen LogP contribution < -0.4 is 9.47 Å². The summed E-state index contributed by atoms with van der Waals surface area (Å²) in [5.74, 6) is -1.57. The molecule has 0 saturated carbocycles. The van der Waals surface area contributed by atoms with E-state index in [1.807, 2.05) is 32.1 Å². The van der Waals surface area contributed by atoms with Gasteiger partial charge in [0.05, 0.1) is 38.8 Å². The number of hydrogen-bond acceptors (Lipinski definition) is 12. The molecular formula is C38H54N3O10PSSi. The second-order valence-corrected chi connectivity index (χ2v) is 20.8. The van der Waals surface area contributed by atoms with Crippen molar-refractivity contribution in [3.63, 3.8) is 0 Å². The van der Waals surface area contributed by atoms with Gasteiger partial charge in [0, 0.05) is 43.7 Å². The van der Waals surface area contributed by atoms with E-state index >= 15 is 0 Å². The number of azide groups is 1. The van der Waals surface area contributed by atoms with Gasteiger partial charge in [-0.25, -0.2) is 9.59 Å². The molecule has 1 saturated heterocycles. The summed E-state index contributed by atoms with van der Waals surface area (Å²) in [4.78, 5) is 29.8. The van der Waals surface area contributed by atoms with Gasteiger partial charge in [0.1, 0.15) is 29.3 Å². The molecule has 1 heterocycles. The first-order valence-corrected chi connectivity index (χ1v) is 23.4. The molecule has 1 aliphatic heterocycles. The van der Waals surface area contributed by atoms with Crippen molar-refractivity contribution in [3.8, 4) is 11.5 Å².